The topological polar surface area (TPSA) is 186 Å². The summed E-state index contributed by atoms with van der Waals surface area (Å²) >= 11 is 0. The molecule has 7 fully saturated rings. The van der Waals surface area contributed by atoms with Gasteiger partial charge in [0.1, 0.15) is 5.60 Å². The number of ether oxygens (including phenoxy) is 4. The van der Waals surface area contributed by atoms with Crippen LogP contribution in [0.25, 0.3) is 0 Å². The molecule has 3 heterocycles. The number of aliphatic hydroxyl groups is 1. The minimum absolute atomic E-state index is 0.0380. The molecule has 0 aromatic heterocycles. The third-order valence-electron chi connectivity index (χ3n) is 17.0. The van der Waals surface area contributed by atoms with Crippen molar-refractivity contribution in [1.29, 1.82) is 0 Å². The van der Waals surface area contributed by atoms with Crippen molar-refractivity contribution in [2.45, 2.75) is 166 Å². The number of carboxylic acid groups (broad SMARTS) is 3. The van der Waals surface area contributed by atoms with Gasteiger partial charge in [-0.05, 0) is 134 Å². The van der Waals surface area contributed by atoms with Gasteiger partial charge in [-0.1, -0.05) is 6.92 Å². The van der Waals surface area contributed by atoms with Crippen molar-refractivity contribution in [3.63, 3.8) is 0 Å². The molecule has 0 aromatic rings. The number of rotatable bonds is 12. The quantitative estimate of drug-likeness (QED) is 0.109. The lowest BCUT2D eigenvalue weighted by atomic mass is 9.57. The van der Waals surface area contributed by atoms with E-state index in [1.54, 1.807) is 27.7 Å². The Balaban J connectivity index is 1.29. The molecular formula is C44H59F9O12. The summed E-state index contributed by atoms with van der Waals surface area (Å²) in [5.41, 5.74) is -13.0. The van der Waals surface area contributed by atoms with Crippen molar-refractivity contribution in [1.82, 2.24) is 0 Å². The van der Waals surface area contributed by atoms with Gasteiger partial charge in [0.15, 0.2) is 16.2 Å². The van der Waals surface area contributed by atoms with Gasteiger partial charge < -0.3 is 39.4 Å². The lowest BCUT2D eigenvalue weighted by Crippen LogP contribution is -2.64. The van der Waals surface area contributed by atoms with Crippen molar-refractivity contribution in [3.8, 4) is 0 Å². The highest BCUT2D eigenvalue weighted by Crippen LogP contribution is 2.65. The van der Waals surface area contributed by atoms with Crippen LogP contribution < -0.4 is 0 Å². The van der Waals surface area contributed by atoms with E-state index in [1.807, 2.05) is 0 Å². The second kappa shape index (κ2) is 16.7. The number of halogens is 9. The van der Waals surface area contributed by atoms with E-state index in [4.69, 9.17) is 18.9 Å². The van der Waals surface area contributed by atoms with Crippen LogP contribution in [-0.4, -0.2) is 112 Å². The number of esters is 1. The first kappa shape index (κ1) is 50.0. The zero-order valence-corrected chi connectivity index (χ0v) is 36.7. The fourth-order valence-electron chi connectivity index (χ4n) is 13.8. The van der Waals surface area contributed by atoms with Gasteiger partial charge in [0.25, 0.3) is 0 Å². The number of aliphatic hydroxyl groups excluding tert-OH is 1. The first-order valence-electron chi connectivity index (χ1n) is 22.5. The molecule has 65 heavy (non-hydrogen) atoms. The predicted molar refractivity (Wildman–Crippen MR) is 204 cm³/mol. The molecule has 3 aliphatic heterocycles. The summed E-state index contributed by atoms with van der Waals surface area (Å²) in [6.07, 6.45) is -31.5. The second-order valence-corrected chi connectivity index (χ2v) is 21.6. The number of carbonyl (C=O) groups is 4. The number of carbonyl (C=O) groups excluding carboxylic acids is 1. The monoisotopic (exact) mass is 950 g/mol. The average Bonchev–Trinajstić information content (AvgIpc) is 3.94. The maximum absolute atomic E-state index is 16.2. The Bertz CT molecular complexity index is 1850. The summed E-state index contributed by atoms with van der Waals surface area (Å²) in [7, 11) is 0. The van der Waals surface area contributed by atoms with Crippen LogP contribution in [0.2, 0.25) is 0 Å². The standard InChI is InChI=1S/C44H59F9O12/c1-18-9-21-20-12-25(28(54)13-20)33(21)63-29(18)16-40(36(58)59,43(48,49)50)26-7-6-8-62-30(26)17-41(37(60)61,44(51,52)53)27-14-22-19-10-23(24(11-19)34(55)65-38(2,3)4)32(22)64-31(27)15-39(5,35(56)57)42(45,46)47/h18-33,54H,6-17H2,1-5H3,(H,56,57)(H,58,59)(H,60,61). The second-order valence-electron chi connectivity index (χ2n) is 21.6. The van der Waals surface area contributed by atoms with E-state index in [9.17, 15) is 52.8 Å². The molecule has 4 bridgehead atoms. The first-order chi connectivity index (χ1) is 29.8. The van der Waals surface area contributed by atoms with Crippen LogP contribution in [0.3, 0.4) is 0 Å². The van der Waals surface area contributed by atoms with E-state index in [0.29, 0.717) is 19.3 Å². The molecule has 19 atom stereocenters. The molecule has 4 aliphatic carbocycles. The molecular weight excluding hydrogens is 891 g/mol. The highest BCUT2D eigenvalue weighted by molar-refractivity contribution is 5.78. The third kappa shape index (κ3) is 8.22. The lowest BCUT2D eigenvalue weighted by molar-refractivity contribution is -0.302. The minimum atomic E-state index is -5.99. The fraction of sp³-hybridized carbons (Fsp3) is 0.909. The Morgan fingerprint density at radius 3 is 1.68 bits per heavy atom. The number of carboxylic acids is 3. The van der Waals surface area contributed by atoms with E-state index < -0.39 is 187 Å². The SMILES string of the molecule is CC1CC2C3CC(O)C(C3)C2OC1CC(C(=O)O)(C1CCCOC1CC(C(=O)O)(C1CC2C3CC(C(=O)OC(C)(C)C)C(C3)C2OC1CC(C)(C(=O)O)C(F)(F)F)C(F)(F)F)C(F)(F)F. The Hall–Kier alpha value is -2.91. The van der Waals surface area contributed by atoms with Gasteiger partial charge in [-0.25, -0.2) is 0 Å². The molecule has 0 amide bonds. The Morgan fingerprint density at radius 2 is 1.12 bits per heavy atom. The van der Waals surface area contributed by atoms with Crippen molar-refractivity contribution >= 4 is 23.9 Å². The fourth-order valence-corrected chi connectivity index (χ4v) is 13.8. The summed E-state index contributed by atoms with van der Waals surface area (Å²) in [4.78, 5) is 52.7. The van der Waals surface area contributed by atoms with Gasteiger partial charge in [0.05, 0.1) is 42.5 Å². The summed E-state index contributed by atoms with van der Waals surface area (Å²) in [6, 6.07) is 0. The van der Waals surface area contributed by atoms with Gasteiger partial charge in [-0.2, -0.15) is 39.5 Å². The molecule has 370 valence electrons. The van der Waals surface area contributed by atoms with Crippen molar-refractivity contribution in [2.75, 3.05) is 6.61 Å². The van der Waals surface area contributed by atoms with E-state index >= 15 is 26.3 Å². The van der Waals surface area contributed by atoms with Crippen LogP contribution in [-0.2, 0) is 38.1 Å². The molecule has 0 spiro atoms. The van der Waals surface area contributed by atoms with Crippen LogP contribution in [0.4, 0.5) is 39.5 Å². The van der Waals surface area contributed by atoms with Gasteiger partial charge in [0, 0.05) is 24.4 Å². The molecule has 12 nitrogen and oxygen atoms in total. The van der Waals surface area contributed by atoms with Crippen LogP contribution in [0.15, 0.2) is 0 Å². The minimum Gasteiger partial charge on any atom is -0.481 e. The average molecular weight is 951 g/mol. The van der Waals surface area contributed by atoms with Crippen LogP contribution in [0.1, 0.15) is 105 Å². The maximum Gasteiger partial charge on any atom is 0.405 e. The van der Waals surface area contributed by atoms with E-state index in [0.717, 1.165) is 0 Å². The maximum atomic E-state index is 16.2. The molecule has 0 radical (unpaired) electrons. The Labute approximate surface area is 369 Å². The van der Waals surface area contributed by atoms with Gasteiger partial charge in [0.2, 0.25) is 0 Å². The zero-order valence-electron chi connectivity index (χ0n) is 36.7. The van der Waals surface area contributed by atoms with E-state index in [1.165, 1.54) is 0 Å². The van der Waals surface area contributed by atoms with Crippen LogP contribution >= 0.6 is 0 Å². The third-order valence-corrected chi connectivity index (χ3v) is 17.0. The molecule has 0 aromatic carbocycles. The normalized spacial score (nSPS) is 41.1. The molecule has 4 saturated carbocycles. The van der Waals surface area contributed by atoms with Crippen LogP contribution in [0.5, 0.6) is 0 Å². The number of fused-ring (bicyclic) bond motifs is 10. The van der Waals surface area contributed by atoms with Gasteiger partial charge in [-0.3, -0.25) is 19.2 Å². The highest BCUT2D eigenvalue weighted by Gasteiger charge is 2.75. The highest BCUT2D eigenvalue weighted by atomic mass is 19.4. The molecule has 19 unspecified atom stereocenters. The molecule has 4 N–H and O–H groups in total. The van der Waals surface area contributed by atoms with Crippen molar-refractivity contribution in [2.24, 2.45) is 75.4 Å². The smallest absolute Gasteiger partial charge is 0.405 e. The summed E-state index contributed by atoms with van der Waals surface area (Å²) in [6.45, 7) is 6.04. The number of aliphatic carboxylic acids is 3. The Kier molecular flexibility index (Phi) is 12.8. The van der Waals surface area contributed by atoms with Crippen molar-refractivity contribution < 1.29 is 98.1 Å². The van der Waals surface area contributed by atoms with Crippen LogP contribution in [0, 0.1) is 75.4 Å². The largest absolute Gasteiger partial charge is 0.481 e. The van der Waals surface area contributed by atoms with E-state index in [-0.39, 0.29) is 38.0 Å². The molecule has 7 rings (SSSR count). The number of alkyl halides is 9. The summed E-state index contributed by atoms with van der Waals surface area (Å²) < 4.78 is 164. The molecule has 21 heteroatoms. The number of hydrogen-bond acceptors (Lipinski definition) is 9. The Morgan fingerprint density at radius 1 is 0.600 bits per heavy atom. The van der Waals surface area contributed by atoms with Gasteiger partial charge in [-0.15, -0.1) is 0 Å². The summed E-state index contributed by atoms with van der Waals surface area (Å²) in [5, 5.41) is 42.2. The lowest BCUT2D eigenvalue weighted by Gasteiger charge is -2.54. The van der Waals surface area contributed by atoms with E-state index in [2.05, 4.69) is 0 Å². The summed E-state index contributed by atoms with van der Waals surface area (Å²) in [5.74, 6) is -17.8. The zero-order chi connectivity index (χ0) is 48.4. The van der Waals surface area contributed by atoms with Gasteiger partial charge >= 0.3 is 42.4 Å². The first-order valence-corrected chi connectivity index (χ1v) is 22.5. The van der Waals surface area contributed by atoms with Crippen molar-refractivity contribution in [3.05, 3.63) is 0 Å². The molecule has 3 saturated heterocycles. The molecule has 7 aliphatic rings. The predicted octanol–water partition coefficient (Wildman–Crippen LogP) is 8.07. The number of hydrogen-bond donors (Lipinski definition) is 4.